The van der Waals surface area contributed by atoms with E-state index in [1.165, 1.54) is 5.57 Å². The van der Waals surface area contributed by atoms with Crippen molar-refractivity contribution in [3.05, 3.63) is 11.6 Å². The second-order valence-corrected chi connectivity index (χ2v) is 4.75. The lowest BCUT2D eigenvalue weighted by molar-refractivity contribution is -0.113. The number of allylic oxidation sites excluding steroid dienone is 2. The van der Waals surface area contributed by atoms with Gasteiger partial charge in [-0.15, -0.1) is 0 Å². The lowest BCUT2D eigenvalue weighted by Gasteiger charge is -1.96. The van der Waals surface area contributed by atoms with Crippen LogP contribution in [0.3, 0.4) is 0 Å². The first kappa shape index (κ1) is 9.79. The fourth-order valence-corrected chi connectivity index (χ4v) is 2.20. The van der Waals surface area contributed by atoms with Gasteiger partial charge in [0.15, 0.2) is 0 Å². The number of carbonyl (C=O) groups excluding carboxylic acids is 1. The summed E-state index contributed by atoms with van der Waals surface area (Å²) in [6, 6.07) is 0. The normalized spacial score (nSPS) is 31.1. The highest BCUT2D eigenvalue weighted by Gasteiger charge is 2.59. The Bertz CT molecular complexity index is 236. The van der Waals surface area contributed by atoms with Crippen LogP contribution in [0.4, 0.5) is 0 Å². The van der Waals surface area contributed by atoms with Crippen LogP contribution in [0.5, 0.6) is 0 Å². The molecule has 0 amide bonds. The van der Waals surface area contributed by atoms with Crippen LogP contribution >= 0.6 is 11.6 Å². The maximum absolute atomic E-state index is 10.9. The minimum atomic E-state index is -0.192. The first-order valence-corrected chi connectivity index (χ1v) is 4.59. The summed E-state index contributed by atoms with van der Waals surface area (Å²) >= 11 is 5.47. The Morgan fingerprint density at radius 1 is 1.42 bits per heavy atom. The van der Waals surface area contributed by atoms with E-state index in [2.05, 4.69) is 19.9 Å². The fourth-order valence-electron chi connectivity index (χ4n) is 1.78. The molecule has 0 N–H and O–H groups in total. The lowest BCUT2D eigenvalue weighted by Crippen LogP contribution is -1.96. The highest BCUT2D eigenvalue weighted by atomic mass is 35.5. The summed E-state index contributed by atoms with van der Waals surface area (Å²) in [5, 5.41) is -0.192. The Hall–Kier alpha value is -0.300. The summed E-state index contributed by atoms with van der Waals surface area (Å²) in [5.41, 5.74) is 1.34. The van der Waals surface area contributed by atoms with Gasteiger partial charge < -0.3 is 0 Å². The van der Waals surface area contributed by atoms with Gasteiger partial charge in [0.2, 0.25) is 5.24 Å². The van der Waals surface area contributed by atoms with Gasteiger partial charge in [-0.05, 0) is 36.8 Å². The van der Waals surface area contributed by atoms with Crippen molar-refractivity contribution in [3.8, 4) is 0 Å². The molecule has 0 spiro atoms. The Labute approximate surface area is 78.8 Å². The average Bonchev–Trinajstić information content (AvgIpc) is 2.32. The van der Waals surface area contributed by atoms with E-state index in [0.29, 0.717) is 5.92 Å². The van der Waals surface area contributed by atoms with Gasteiger partial charge in [0.1, 0.15) is 0 Å². The molecule has 1 aliphatic carbocycles. The van der Waals surface area contributed by atoms with Crippen LogP contribution in [0.2, 0.25) is 0 Å². The summed E-state index contributed by atoms with van der Waals surface area (Å²) in [4.78, 5) is 10.9. The fraction of sp³-hybridized carbons (Fsp3) is 0.700. The van der Waals surface area contributed by atoms with Crippen molar-refractivity contribution in [2.45, 2.75) is 27.7 Å². The number of hydrogen-bond acceptors (Lipinski definition) is 1. The number of carbonyl (C=O) groups is 1. The molecule has 0 heterocycles. The molecule has 0 radical (unpaired) electrons. The van der Waals surface area contributed by atoms with Crippen LogP contribution in [0.15, 0.2) is 11.6 Å². The number of rotatable bonds is 2. The molecular formula is C10H15ClO. The van der Waals surface area contributed by atoms with Crippen molar-refractivity contribution < 1.29 is 4.79 Å². The zero-order chi connectivity index (χ0) is 9.52. The third-order valence-corrected chi connectivity index (χ3v) is 2.90. The predicted molar refractivity (Wildman–Crippen MR) is 51.1 cm³/mol. The molecule has 0 bridgehead atoms. The van der Waals surface area contributed by atoms with E-state index < -0.39 is 0 Å². The minimum absolute atomic E-state index is 0.0362. The van der Waals surface area contributed by atoms with Crippen molar-refractivity contribution in [3.63, 3.8) is 0 Å². The molecule has 0 aromatic heterocycles. The molecule has 68 valence electrons. The monoisotopic (exact) mass is 186 g/mol. The van der Waals surface area contributed by atoms with Gasteiger partial charge in [0, 0.05) is 5.92 Å². The Morgan fingerprint density at radius 3 is 2.17 bits per heavy atom. The minimum Gasteiger partial charge on any atom is -0.281 e. The molecule has 0 unspecified atom stereocenters. The molecule has 1 nitrogen and oxygen atoms in total. The maximum atomic E-state index is 10.9. The Kier molecular flexibility index (Phi) is 2.35. The maximum Gasteiger partial charge on any atom is 0.225 e. The van der Waals surface area contributed by atoms with E-state index in [9.17, 15) is 4.79 Å². The summed E-state index contributed by atoms with van der Waals surface area (Å²) < 4.78 is 0. The highest BCUT2D eigenvalue weighted by Crippen LogP contribution is 2.60. The summed E-state index contributed by atoms with van der Waals surface area (Å²) in [6.45, 7) is 8.26. The second-order valence-electron chi connectivity index (χ2n) is 4.37. The summed E-state index contributed by atoms with van der Waals surface area (Å²) in [6.07, 6.45) is 2.14. The highest BCUT2D eigenvalue weighted by molar-refractivity contribution is 6.64. The molecule has 2 heteroatoms. The van der Waals surface area contributed by atoms with Crippen molar-refractivity contribution >= 4 is 16.8 Å². The molecule has 0 saturated heterocycles. The smallest absolute Gasteiger partial charge is 0.225 e. The van der Waals surface area contributed by atoms with Gasteiger partial charge in [-0.1, -0.05) is 25.5 Å². The van der Waals surface area contributed by atoms with E-state index in [1.54, 1.807) is 0 Å². The molecule has 1 fully saturated rings. The van der Waals surface area contributed by atoms with Crippen LogP contribution in [0, 0.1) is 17.3 Å². The van der Waals surface area contributed by atoms with Gasteiger partial charge >= 0.3 is 0 Å². The van der Waals surface area contributed by atoms with Crippen LogP contribution < -0.4 is 0 Å². The van der Waals surface area contributed by atoms with Crippen LogP contribution in [0.1, 0.15) is 27.7 Å². The molecule has 2 atom stereocenters. The molecule has 1 saturated carbocycles. The van der Waals surface area contributed by atoms with Crippen molar-refractivity contribution in [1.29, 1.82) is 0 Å². The molecule has 12 heavy (non-hydrogen) atoms. The first-order valence-electron chi connectivity index (χ1n) is 4.21. The molecule has 0 aromatic rings. The third-order valence-electron chi connectivity index (χ3n) is 2.67. The lowest BCUT2D eigenvalue weighted by atomic mass is 10.1. The van der Waals surface area contributed by atoms with Crippen LogP contribution in [-0.4, -0.2) is 5.24 Å². The third kappa shape index (κ3) is 1.56. The summed E-state index contributed by atoms with van der Waals surface area (Å²) in [7, 11) is 0. The van der Waals surface area contributed by atoms with Crippen molar-refractivity contribution in [2.24, 2.45) is 17.3 Å². The molecular weight excluding hydrogens is 172 g/mol. The van der Waals surface area contributed by atoms with Crippen LogP contribution in [0.25, 0.3) is 0 Å². The second kappa shape index (κ2) is 2.88. The van der Waals surface area contributed by atoms with E-state index in [4.69, 9.17) is 11.6 Å². The van der Waals surface area contributed by atoms with Gasteiger partial charge in [0.05, 0.1) is 0 Å². The van der Waals surface area contributed by atoms with Gasteiger partial charge in [-0.2, -0.15) is 0 Å². The Morgan fingerprint density at radius 2 is 1.92 bits per heavy atom. The average molecular weight is 187 g/mol. The summed E-state index contributed by atoms with van der Waals surface area (Å²) in [5.74, 6) is 0.390. The zero-order valence-corrected chi connectivity index (χ0v) is 8.77. The molecule has 1 rings (SSSR count). The van der Waals surface area contributed by atoms with Crippen LogP contribution in [-0.2, 0) is 4.79 Å². The topological polar surface area (TPSA) is 17.1 Å². The molecule has 0 aliphatic heterocycles. The molecule has 0 aromatic carbocycles. The SMILES string of the molecule is CC(C)=C[C@@H]1[C@@H](C(=O)Cl)C1(C)C. The molecule has 1 aliphatic rings. The quantitative estimate of drug-likeness (QED) is 0.479. The van der Waals surface area contributed by atoms with E-state index >= 15 is 0 Å². The largest absolute Gasteiger partial charge is 0.281 e. The van der Waals surface area contributed by atoms with E-state index in [1.807, 2.05) is 13.8 Å². The number of halogens is 1. The Balaban J connectivity index is 2.73. The van der Waals surface area contributed by atoms with Gasteiger partial charge in [-0.3, -0.25) is 4.79 Å². The van der Waals surface area contributed by atoms with E-state index in [0.717, 1.165) is 0 Å². The van der Waals surface area contributed by atoms with Gasteiger partial charge in [-0.25, -0.2) is 0 Å². The number of hydrogen-bond donors (Lipinski definition) is 0. The van der Waals surface area contributed by atoms with Crippen molar-refractivity contribution in [2.75, 3.05) is 0 Å². The standard InChI is InChI=1S/C10H15ClO/c1-6(2)5-7-8(9(11)12)10(7,3)4/h5,7-8H,1-4H3/t7-,8+/m1/s1. The van der Waals surface area contributed by atoms with Crippen molar-refractivity contribution in [1.82, 2.24) is 0 Å². The van der Waals surface area contributed by atoms with E-state index in [-0.39, 0.29) is 16.6 Å². The van der Waals surface area contributed by atoms with Gasteiger partial charge in [0.25, 0.3) is 0 Å². The predicted octanol–water partition coefficient (Wildman–Crippen LogP) is 2.99. The first-order chi connectivity index (χ1) is 5.37. The zero-order valence-electron chi connectivity index (χ0n) is 8.02.